The predicted octanol–water partition coefficient (Wildman–Crippen LogP) is 3.02. The monoisotopic (exact) mass is 243 g/mol. The van der Waals surface area contributed by atoms with Crippen molar-refractivity contribution in [3.05, 3.63) is 0 Å². The van der Waals surface area contributed by atoms with Crippen molar-refractivity contribution in [1.82, 2.24) is 5.32 Å². The summed E-state index contributed by atoms with van der Waals surface area (Å²) in [6.07, 6.45) is 7.13. The van der Waals surface area contributed by atoms with Crippen LogP contribution in [0.15, 0.2) is 0 Å². The van der Waals surface area contributed by atoms with Crippen molar-refractivity contribution in [2.45, 2.75) is 51.9 Å². The maximum atomic E-state index is 10.4. The fourth-order valence-corrected chi connectivity index (χ4v) is 2.56. The van der Waals surface area contributed by atoms with Gasteiger partial charge in [0.1, 0.15) is 0 Å². The Morgan fingerprint density at radius 3 is 2.71 bits per heavy atom. The molecule has 0 unspecified atom stereocenters. The topological polar surface area (TPSA) is 58.6 Å². The Hall–Kier alpha value is -0.770. The molecule has 2 N–H and O–H groups in total. The van der Waals surface area contributed by atoms with E-state index in [1.807, 2.05) is 0 Å². The average molecular weight is 243 g/mol. The summed E-state index contributed by atoms with van der Waals surface area (Å²) >= 11 is 0. The first kappa shape index (κ1) is 14.3. The minimum absolute atomic E-state index is 0.232. The van der Waals surface area contributed by atoms with Crippen molar-refractivity contribution >= 4 is 6.09 Å². The van der Waals surface area contributed by atoms with E-state index in [-0.39, 0.29) is 5.41 Å². The van der Waals surface area contributed by atoms with Crippen LogP contribution in [-0.4, -0.2) is 31.0 Å². The largest absolute Gasteiger partial charge is 0.465 e. The van der Waals surface area contributed by atoms with Crippen LogP contribution in [0.3, 0.4) is 0 Å². The Balaban J connectivity index is 2.26. The highest BCUT2D eigenvalue weighted by atomic mass is 16.5. The normalized spacial score (nSPS) is 18.2. The second-order valence-electron chi connectivity index (χ2n) is 5.10. The average Bonchev–Trinajstić information content (AvgIpc) is 2.73. The van der Waals surface area contributed by atoms with Gasteiger partial charge < -0.3 is 15.2 Å². The number of ether oxygens (including phenoxy) is 1. The van der Waals surface area contributed by atoms with E-state index in [0.717, 1.165) is 32.5 Å². The van der Waals surface area contributed by atoms with Gasteiger partial charge >= 0.3 is 6.09 Å². The molecule has 1 aliphatic rings. The van der Waals surface area contributed by atoms with Crippen molar-refractivity contribution in [3.8, 4) is 0 Å². The summed E-state index contributed by atoms with van der Waals surface area (Å²) in [5.41, 5.74) is 0.232. The van der Waals surface area contributed by atoms with E-state index >= 15 is 0 Å². The van der Waals surface area contributed by atoms with Crippen molar-refractivity contribution in [3.63, 3.8) is 0 Å². The third-order valence-electron chi connectivity index (χ3n) is 3.65. The molecule has 0 bridgehead atoms. The highest BCUT2D eigenvalue weighted by Crippen LogP contribution is 2.41. The van der Waals surface area contributed by atoms with Gasteiger partial charge in [0.25, 0.3) is 0 Å². The van der Waals surface area contributed by atoms with E-state index in [2.05, 4.69) is 12.2 Å². The number of unbranched alkanes of at least 4 members (excludes halogenated alkanes) is 1. The molecule has 4 heteroatoms. The van der Waals surface area contributed by atoms with Crippen LogP contribution >= 0.6 is 0 Å². The van der Waals surface area contributed by atoms with Crippen molar-refractivity contribution < 1.29 is 14.6 Å². The van der Waals surface area contributed by atoms with Gasteiger partial charge in [-0.1, -0.05) is 26.2 Å². The van der Waals surface area contributed by atoms with Gasteiger partial charge in [-0.25, -0.2) is 4.79 Å². The Morgan fingerprint density at radius 2 is 2.12 bits per heavy atom. The molecule has 0 aromatic heterocycles. The molecule has 1 aliphatic carbocycles. The Labute approximate surface area is 104 Å². The first-order chi connectivity index (χ1) is 8.18. The highest BCUT2D eigenvalue weighted by Gasteiger charge is 2.33. The lowest BCUT2D eigenvalue weighted by atomic mass is 9.83. The minimum atomic E-state index is -0.926. The summed E-state index contributed by atoms with van der Waals surface area (Å²) in [4.78, 5) is 10.4. The molecule has 0 aromatic rings. The van der Waals surface area contributed by atoms with Crippen LogP contribution in [-0.2, 0) is 4.74 Å². The van der Waals surface area contributed by atoms with Crippen LogP contribution in [0.4, 0.5) is 4.79 Å². The third-order valence-corrected chi connectivity index (χ3v) is 3.65. The lowest BCUT2D eigenvalue weighted by molar-refractivity contribution is 0.0399. The second kappa shape index (κ2) is 7.54. The Bertz CT molecular complexity index is 225. The molecule has 0 saturated heterocycles. The molecule has 100 valence electrons. The van der Waals surface area contributed by atoms with E-state index in [4.69, 9.17) is 9.84 Å². The first-order valence-electron chi connectivity index (χ1n) is 6.73. The summed E-state index contributed by atoms with van der Waals surface area (Å²) in [7, 11) is 0. The van der Waals surface area contributed by atoms with Crippen LogP contribution in [0, 0.1) is 5.41 Å². The zero-order valence-electron chi connectivity index (χ0n) is 10.8. The maximum Gasteiger partial charge on any atom is 0.404 e. The number of carboxylic acid groups (broad SMARTS) is 1. The fraction of sp³-hybridized carbons (Fsp3) is 0.923. The number of amides is 1. The maximum absolute atomic E-state index is 10.4. The minimum Gasteiger partial charge on any atom is -0.465 e. The Kier molecular flexibility index (Phi) is 6.34. The molecule has 0 spiro atoms. The SMILES string of the molecule is CCCCOCC1(CCNC(=O)O)CCCC1. The summed E-state index contributed by atoms with van der Waals surface area (Å²) < 4.78 is 5.74. The molecule has 1 rings (SSSR count). The summed E-state index contributed by atoms with van der Waals surface area (Å²) in [5, 5.41) is 11.0. The molecule has 0 radical (unpaired) electrons. The number of hydrogen-bond donors (Lipinski definition) is 2. The van der Waals surface area contributed by atoms with Crippen LogP contribution in [0.5, 0.6) is 0 Å². The quantitative estimate of drug-likeness (QED) is 0.644. The summed E-state index contributed by atoms with van der Waals surface area (Å²) in [5.74, 6) is 0. The molecular weight excluding hydrogens is 218 g/mol. The number of nitrogens with one attached hydrogen (secondary N) is 1. The molecule has 1 amide bonds. The number of hydrogen-bond acceptors (Lipinski definition) is 2. The van der Waals surface area contributed by atoms with Gasteiger partial charge in [0.05, 0.1) is 6.61 Å². The smallest absolute Gasteiger partial charge is 0.404 e. The predicted molar refractivity (Wildman–Crippen MR) is 67.3 cm³/mol. The van der Waals surface area contributed by atoms with Crippen molar-refractivity contribution in [2.24, 2.45) is 5.41 Å². The van der Waals surface area contributed by atoms with Crippen molar-refractivity contribution in [1.29, 1.82) is 0 Å². The number of rotatable bonds is 8. The lowest BCUT2D eigenvalue weighted by Gasteiger charge is -2.28. The lowest BCUT2D eigenvalue weighted by Crippen LogP contribution is -2.31. The van der Waals surface area contributed by atoms with Crippen LogP contribution in [0.25, 0.3) is 0 Å². The van der Waals surface area contributed by atoms with Gasteiger partial charge in [0.15, 0.2) is 0 Å². The molecule has 0 heterocycles. The molecule has 4 nitrogen and oxygen atoms in total. The van der Waals surface area contributed by atoms with E-state index in [9.17, 15) is 4.79 Å². The van der Waals surface area contributed by atoms with E-state index < -0.39 is 6.09 Å². The summed E-state index contributed by atoms with van der Waals surface area (Å²) in [6.45, 7) is 4.34. The zero-order chi connectivity index (χ0) is 12.6. The second-order valence-corrected chi connectivity index (χ2v) is 5.10. The molecule has 1 fully saturated rings. The molecule has 0 atom stereocenters. The Morgan fingerprint density at radius 1 is 1.41 bits per heavy atom. The molecular formula is C13H25NO3. The van der Waals surface area contributed by atoms with Gasteiger partial charge in [-0.15, -0.1) is 0 Å². The van der Waals surface area contributed by atoms with Crippen LogP contribution < -0.4 is 5.32 Å². The highest BCUT2D eigenvalue weighted by molar-refractivity contribution is 5.64. The molecule has 0 aromatic carbocycles. The van der Waals surface area contributed by atoms with Gasteiger partial charge in [-0.3, -0.25) is 0 Å². The van der Waals surface area contributed by atoms with Gasteiger partial charge in [0.2, 0.25) is 0 Å². The van der Waals surface area contributed by atoms with Crippen LogP contribution in [0.1, 0.15) is 51.9 Å². The molecule has 0 aliphatic heterocycles. The summed E-state index contributed by atoms with van der Waals surface area (Å²) in [6, 6.07) is 0. The van der Waals surface area contributed by atoms with Gasteiger partial charge in [0, 0.05) is 13.2 Å². The van der Waals surface area contributed by atoms with Crippen molar-refractivity contribution in [2.75, 3.05) is 19.8 Å². The van der Waals surface area contributed by atoms with E-state index in [1.54, 1.807) is 0 Å². The first-order valence-corrected chi connectivity index (χ1v) is 6.73. The molecule has 1 saturated carbocycles. The zero-order valence-corrected chi connectivity index (χ0v) is 10.8. The third kappa shape index (κ3) is 5.39. The van der Waals surface area contributed by atoms with E-state index in [1.165, 1.54) is 25.7 Å². The number of carbonyl (C=O) groups is 1. The van der Waals surface area contributed by atoms with Crippen LogP contribution in [0.2, 0.25) is 0 Å². The standard InChI is InChI=1S/C13H25NO3/c1-2-3-10-17-11-13(6-4-5-7-13)8-9-14-12(15)16/h14H,2-11H2,1H3,(H,15,16). The fourth-order valence-electron chi connectivity index (χ4n) is 2.56. The van der Waals surface area contributed by atoms with Gasteiger partial charge in [-0.2, -0.15) is 0 Å². The molecule has 17 heavy (non-hydrogen) atoms. The van der Waals surface area contributed by atoms with Gasteiger partial charge in [-0.05, 0) is 31.1 Å². The van der Waals surface area contributed by atoms with E-state index in [0.29, 0.717) is 6.54 Å².